The van der Waals surface area contributed by atoms with Crippen molar-refractivity contribution in [1.82, 2.24) is 4.90 Å². The lowest BCUT2D eigenvalue weighted by molar-refractivity contribution is -0.123. The number of benzene rings is 2. The maximum atomic E-state index is 12.8. The number of phenolic OH excluding ortho intramolecular Hbond substituents is 1. The molecule has 0 bridgehead atoms. The van der Waals surface area contributed by atoms with Crippen molar-refractivity contribution in [3.63, 3.8) is 0 Å². The van der Waals surface area contributed by atoms with Crippen LogP contribution in [-0.4, -0.2) is 27.8 Å². The summed E-state index contributed by atoms with van der Waals surface area (Å²) < 4.78 is 5.94. The summed E-state index contributed by atoms with van der Waals surface area (Å²) in [6, 6.07) is 12.0. The molecule has 1 aliphatic heterocycles. The van der Waals surface area contributed by atoms with Crippen LogP contribution in [0.5, 0.6) is 11.5 Å². The van der Waals surface area contributed by atoms with E-state index in [1.165, 1.54) is 6.07 Å². The second-order valence-corrected chi connectivity index (χ2v) is 7.66. The SMILES string of the molecule is CCOc1cc(/C=C2/SC(=O)N(Cc3ccccc3C#N)C2=O)c(Br)cc1O. The Labute approximate surface area is 174 Å². The number of hydrogen-bond donors (Lipinski definition) is 1. The van der Waals surface area contributed by atoms with E-state index < -0.39 is 11.1 Å². The molecule has 2 aromatic rings. The van der Waals surface area contributed by atoms with Crippen LogP contribution in [-0.2, 0) is 11.3 Å². The molecule has 0 radical (unpaired) electrons. The number of hydrogen-bond acceptors (Lipinski definition) is 6. The van der Waals surface area contributed by atoms with Crippen LogP contribution >= 0.6 is 27.7 Å². The fraction of sp³-hybridized carbons (Fsp3) is 0.150. The van der Waals surface area contributed by atoms with Gasteiger partial charge in [-0.1, -0.05) is 34.1 Å². The fourth-order valence-corrected chi connectivity index (χ4v) is 3.93. The van der Waals surface area contributed by atoms with Crippen molar-refractivity contribution in [1.29, 1.82) is 5.26 Å². The van der Waals surface area contributed by atoms with Gasteiger partial charge in [-0.3, -0.25) is 14.5 Å². The molecule has 0 spiro atoms. The quantitative estimate of drug-likeness (QED) is 0.654. The van der Waals surface area contributed by atoms with Gasteiger partial charge in [0.1, 0.15) is 0 Å². The molecule has 1 fully saturated rings. The van der Waals surface area contributed by atoms with Crippen molar-refractivity contribution in [2.24, 2.45) is 0 Å². The third-order valence-electron chi connectivity index (χ3n) is 4.00. The molecule has 0 unspecified atom stereocenters. The van der Waals surface area contributed by atoms with Crippen LogP contribution in [0.3, 0.4) is 0 Å². The molecular formula is C20H15BrN2O4S. The van der Waals surface area contributed by atoms with Crippen LogP contribution in [0.4, 0.5) is 4.79 Å². The van der Waals surface area contributed by atoms with E-state index in [0.29, 0.717) is 33.5 Å². The van der Waals surface area contributed by atoms with Gasteiger partial charge in [-0.2, -0.15) is 5.26 Å². The zero-order chi connectivity index (χ0) is 20.3. The first-order valence-corrected chi connectivity index (χ1v) is 9.94. The number of nitrogens with zero attached hydrogens (tertiary/aromatic N) is 2. The molecule has 142 valence electrons. The summed E-state index contributed by atoms with van der Waals surface area (Å²) in [7, 11) is 0. The molecule has 2 amide bonds. The second-order valence-electron chi connectivity index (χ2n) is 5.81. The Morgan fingerprint density at radius 3 is 2.79 bits per heavy atom. The number of imide groups is 1. The van der Waals surface area contributed by atoms with Gasteiger partial charge < -0.3 is 9.84 Å². The highest BCUT2D eigenvalue weighted by atomic mass is 79.9. The summed E-state index contributed by atoms with van der Waals surface area (Å²) in [6.07, 6.45) is 1.58. The van der Waals surface area contributed by atoms with Gasteiger partial charge >= 0.3 is 0 Å². The van der Waals surface area contributed by atoms with E-state index in [1.807, 2.05) is 0 Å². The average molecular weight is 459 g/mol. The maximum absolute atomic E-state index is 12.8. The van der Waals surface area contributed by atoms with Crippen molar-refractivity contribution >= 4 is 44.9 Å². The van der Waals surface area contributed by atoms with E-state index in [9.17, 15) is 20.0 Å². The minimum atomic E-state index is -0.430. The molecule has 1 saturated heterocycles. The van der Waals surface area contributed by atoms with Gasteiger partial charge in [0.15, 0.2) is 11.5 Å². The first kappa shape index (κ1) is 20.0. The Morgan fingerprint density at radius 2 is 2.07 bits per heavy atom. The molecule has 3 rings (SSSR count). The monoisotopic (exact) mass is 458 g/mol. The highest BCUT2D eigenvalue weighted by Gasteiger charge is 2.35. The molecule has 1 aliphatic rings. The highest BCUT2D eigenvalue weighted by molar-refractivity contribution is 9.10. The van der Waals surface area contributed by atoms with Crippen LogP contribution in [0.25, 0.3) is 6.08 Å². The number of nitriles is 1. The topological polar surface area (TPSA) is 90.6 Å². The minimum Gasteiger partial charge on any atom is -0.504 e. The smallest absolute Gasteiger partial charge is 0.293 e. The summed E-state index contributed by atoms with van der Waals surface area (Å²) in [6.45, 7) is 2.21. The average Bonchev–Trinajstić information content (AvgIpc) is 2.93. The van der Waals surface area contributed by atoms with Crippen molar-refractivity contribution in [2.45, 2.75) is 13.5 Å². The fourth-order valence-electron chi connectivity index (χ4n) is 2.66. The Hall–Kier alpha value is -2.76. The first-order valence-electron chi connectivity index (χ1n) is 8.33. The van der Waals surface area contributed by atoms with Crippen molar-refractivity contribution in [3.05, 3.63) is 62.5 Å². The molecule has 1 heterocycles. The molecule has 0 aromatic heterocycles. The largest absolute Gasteiger partial charge is 0.504 e. The third-order valence-corrected chi connectivity index (χ3v) is 5.60. The van der Waals surface area contributed by atoms with Crippen LogP contribution in [0.2, 0.25) is 0 Å². The van der Waals surface area contributed by atoms with Gasteiger partial charge in [-0.15, -0.1) is 0 Å². The van der Waals surface area contributed by atoms with Crippen molar-refractivity contribution in [2.75, 3.05) is 6.61 Å². The van der Waals surface area contributed by atoms with E-state index in [2.05, 4.69) is 22.0 Å². The van der Waals surface area contributed by atoms with Gasteiger partial charge in [-0.05, 0) is 54.1 Å². The van der Waals surface area contributed by atoms with Crippen LogP contribution in [0.1, 0.15) is 23.6 Å². The lowest BCUT2D eigenvalue weighted by atomic mass is 10.1. The summed E-state index contributed by atoms with van der Waals surface area (Å²) in [5.41, 5.74) is 1.63. The number of ether oxygens (including phenoxy) is 1. The number of amides is 2. The predicted molar refractivity (Wildman–Crippen MR) is 110 cm³/mol. The van der Waals surface area contributed by atoms with Gasteiger partial charge in [-0.25, -0.2) is 0 Å². The number of halogens is 1. The second kappa shape index (κ2) is 8.50. The highest BCUT2D eigenvalue weighted by Crippen LogP contribution is 2.38. The van der Waals surface area contributed by atoms with Crippen molar-refractivity contribution < 1.29 is 19.4 Å². The molecule has 8 heteroatoms. The normalized spacial score (nSPS) is 15.2. The number of carbonyl (C=O) groups is 2. The van der Waals surface area contributed by atoms with Gasteiger partial charge in [0.25, 0.3) is 11.1 Å². The van der Waals surface area contributed by atoms with Gasteiger partial charge in [0.05, 0.1) is 29.7 Å². The first-order chi connectivity index (χ1) is 13.4. The number of rotatable bonds is 5. The Kier molecular flexibility index (Phi) is 6.07. The third kappa shape index (κ3) is 4.06. The summed E-state index contributed by atoms with van der Waals surface area (Å²) >= 11 is 4.18. The molecule has 28 heavy (non-hydrogen) atoms. The van der Waals surface area contributed by atoms with Crippen LogP contribution in [0, 0.1) is 11.3 Å². The number of aromatic hydroxyl groups is 1. The van der Waals surface area contributed by atoms with E-state index in [-0.39, 0.29) is 17.2 Å². The maximum Gasteiger partial charge on any atom is 0.293 e. The summed E-state index contributed by atoms with van der Waals surface area (Å²) in [5.74, 6) is -0.160. The predicted octanol–water partition coefficient (Wildman–Crippen LogP) is 4.66. The van der Waals surface area contributed by atoms with Gasteiger partial charge in [0, 0.05) is 4.47 Å². The van der Waals surface area contributed by atoms with E-state index in [0.717, 1.165) is 16.7 Å². The lowest BCUT2D eigenvalue weighted by Crippen LogP contribution is -2.27. The molecule has 2 aromatic carbocycles. The van der Waals surface area contributed by atoms with Crippen molar-refractivity contribution in [3.8, 4) is 17.6 Å². The number of thioether (sulfide) groups is 1. The molecule has 0 aliphatic carbocycles. The lowest BCUT2D eigenvalue weighted by Gasteiger charge is -2.13. The number of phenols is 1. The minimum absolute atomic E-state index is 0.0212. The zero-order valence-corrected chi connectivity index (χ0v) is 17.2. The zero-order valence-electron chi connectivity index (χ0n) is 14.8. The summed E-state index contributed by atoms with van der Waals surface area (Å²) in [5, 5.41) is 18.7. The Balaban J connectivity index is 1.89. The standard InChI is InChI=1S/C20H15BrN2O4S/c1-2-27-17-7-14(15(21)9-16(17)24)8-18-19(25)23(20(26)28-18)11-13-6-4-3-5-12(13)10-22/h3-9,24H,2,11H2,1H3/b18-8+. The molecule has 0 atom stereocenters. The molecule has 6 nitrogen and oxygen atoms in total. The van der Waals surface area contributed by atoms with Gasteiger partial charge in [0.2, 0.25) is 0 Å². The molecule has 1 N–H and O–H groups in total. The summed E-state index contributed by atoms with van der Waals surface area (Å²) in [4.78, 5) is 26.5. The Bertz CT molecular complexity index is 1030. The van der Waals surface area contributed by atoms with Crippen LogP contribution < -0.4 is 4.74 Å². The molecular weight excluding hydrogens is 444 g/mol. The van der Waals surface area contributed by atoms with Crippen LogP contribution in [0.15, 0.2) is 45.8 Å². The van der Waals surface area contributed by atoms with E-state index in [4.69, 9.17) is 4.74 Å². The molecule has 0 saturated carbocycles. The van der Waals surface area contributed by atoms with E-state index in [1.54, 1.807) is 43.3 Å². The number of carbonyl (C=O) groups excluding carboxylic acids is 2. The Morgan fingerprint density at radius 1 is 1.32 bits per heavy atom. The van der Waals surface area contributed by atoms with E-state index >= 15 is 0 Å².